The summed E-state index contributed by atoms with van der Waals surface area (Å²) in [6, 6.07) is 16.6. The molecular formula is C33H42FN5O. The molecule has 0 saturated carbocycles. The lowest BCUT2D eigenvalue weighted by Crippen LogP contribution is -2.49. The molecule has 212 valence electrons. The highest BCUT2D eigenvalue weighted by molar-refractivity contribution is 5.81. The third-order valence-corrected chi connectivity index (χ3v) is 7.75. The van der Waals surface area contributed by atoms with Crippen LogP contribution in [-0.2, 0) is 5.54 Å². The molecule has 2 heterocycles. The molecule has 6 nitrogen and oxygen atoms in total. The van der Waals surface area contributed by atoms with E-state index in [0.717, 1.165) is 40.0 Å². The minimum Gasteiger partial charge on any atom is -0.338 e. The zero-order valence-electron chi connectivity index (χ0n) is 25.0. The van der Waals surface area contributed by atoms with Crippen molar-refractivity contribution in [2.45, 2.75) is 73.3 Å². The number of pyridine rings is 1. The van der Waals surface area contributed by atoms with E-state index in [0.29, 0.717) is 12.5 Å². The maximum Gasteiger partial charge on any atom is 0.315 e. The standard InChI is InChI=1S/C33H42FN5O/c1-21(2)17-29(24-10-16-30-25(18-24)19-36-39(30)27-13-11-26(34)12-14-27)32(5,6)20-35-31(40)38-33(7,8)28-15-9-22(3)37-23(28)4/h9-16,18-19,21,29H,17,20H2,1-8H3,(H2,35,38,40). The van der Waals surface area contributed by atoms with Gasteiger partial charge >= 0.3 is 6.03 Å². The van der Waals surface area contributed by atoms with Crippen molar-refractivity contribution >= 4 is 16.9 Å². The second-order valence-electron chi connectivity index (χ2n) is 12.5. The van der Waals surface area contributed by atoms with Crippen LogP contribution in [0, 0.1) is 31.0 Å². The molecule has 0 aliphatic heterocycles. The number of carbonyl (C=O) groups is 1. The Hall–Kier alpha value is -3.74. The second kappa shape index (κ2) is 11.4. The number of nitrogens with one attached hydrogen (secondary N) is 2. The van der Waals surface area contributed by atoms with Gasteiger partial charge in [0, 0.05) is 23.3 Å². The van der Waals surface area contributed by atoms with Gasteiger partial charge in [0.2, 0.25) is 0 Å². The number of urea groups is 1. The fourth-order valence-electron chi connectivity index (χ4n) is 5.61. The summed E-state index contributed by atoms with van der Waals surface area (Å²) in [6.07, 6.45) is 2.84. The van der Waals surface area contributed by atoms with E-state index in [1.165, 1.54) is 17.7 Å². The van der Waals surface area contributed by atoms with Crippen LogP contribution in [0.1, 0.15) is 76.4 Å². The normalized spacial score (nSPS) is 13.1. The number of hydrogen-bond donors (Lipinski definition) is 2. The SMILES string of the molecule is Cc1ccc(C(C)(C)NC(=O)NCC(C)(C)C(CC(C)C)c2ccc3c(cnn3-c3ccc(F)cc3)c2)c(C)n1. The minimum atomic E-state index is -0.563. The average Bonchev–Trinajstić information content (AvgIpc) is 3.29. The monoisotopic (exact) mass is 543 g/mol. The number of halogens is 1. The van der Waals surface area contributed by atoms with Crippen molar-refractivity contribution in [1.82, 2.24) is 25.4 Å². The Morgan fingerprint density at radius 2 is 1.70 bits per heavy atom. The Bertz CT molecular complexity index is 1490. The molecule has 2 N–H and O–H groups in total. The van der Waals surface area contributed by atoms with Crippen LogP contribution in [0.5, 0.6) is 0 Å². The Labute approximate surface area is 237 Å². The molecule has 40 heavy (non-hydrogen) atoms. The van der Waals surface area contributed by atoms with Crippen LogP contribution < -0.4 is 10.6 Å². The molecule has 4 rings (SSSR count). The number of nitrogens with zero attached hydrogens (tertiary/aromatic N) is 3. The second-order valence-corrected chi connectivity index (χ2v) is 12.5. The fourth-order valence-corrected chi connectivity index (χ4v) is 5.61. The highest BCUT2D eigenvalue weighted by atomic mass is 19.1. The third-order valence-electron chi connectivity index (χ3n) is 7.75. The Morgan fingerprint density at radius 3 is 2.35 bits per heavy atom. The summed E-state index contributed by atoms with van der Waals surface area (Å²) in [6.45, 7) is 17.4. The van der Waals surface area contributed by atoms with Gasteiger partial charge in [0.15, 0.2) is 0 Å². The van der Waals surface area contributed by atoms with Crippen molar-refractivity contribution in [2.75, 3.05) is 6.54 Å². The van der Waals surface area contributed by atoms with Gasteiger partial charge in [0.05, 0.1) is 22.9 Å². The van der Waals surface area contributed by atoms with Gasteiger partial charge in [0.25, 0.3) is 0 Å². The Morgan fingerprint density at radius 1 is 1.00 bits per heavy atom. The first-order valence-electron chi connectivity index (χ1n) is 14.0. The molecule has 2 amide bonds. The van der Waals surface area contributed by atoms with E-state index in [9.17, 15) is 9.18 Å². The number of rotatable bonds is 9. The smallest absolute Gasteiger partial charge is 0.315 e. The van der Waals surface area contributed by atoms with E-state index in [1.54, 1.807) is 12.1 Å². The molecule has 4 aromatic rings. The van der Waals surface area contributed by atoms with Gasteiger partial charge in [-0.1, -0.05) is 39.8 Å². The zero-order valence-corrected chi connectivity index (χ0v) is 25.0. The van der Waals surface area contributed by atoms with Gasteiger partial charge in [-0.2, -0.15) is 5.10 Å². The van der Waals surface area contributed by atoms with Gasteiger partial charge in [0.1, 0.15) is 5.82 Å². The van der Waals surface area contributed by atoms with E-state index >= 15 is 0 Å². The summed E-state index contributed by atoms with van der Waals surface area (Å²) >= 11 is 0. The fraction of sp³-hybridized carbons (Fsp3) is 0.424. The Balaban J connectivity index is 1.52. The summed E-state index contributed by atoms with van der Waals surface area (Å²) in [7, 11) is 0. The molecule has 2 aromatic carbocycles. The number of aromatic nitrogens is 3. The van der Waals surface area contributed by atoms with Crippen LogP contribution in [0.15, 0.2) is 60.8 Å². The molecule has 7 heteroatoms. The van der Waals surface area contributed by atoms with E-state index in [1.807, 2.05) is 50.7 Å². The number of fused-ring (bicyclic) bond motifs is 1. The van der Waals surface area contributed by atoms with Gasteiger partial charge in [-0.3, -0.25) is 4.98 Å². The van der Waals surface area contributed by atoms with E-state index < -0.39 is 5.54 Å². The maximum absolute atomic E-state index is 13.4. The van der Waals surface area contributed by atoms with E-state index in [-0.39, 0.29) is 23.2 Å². The summed E-state index contributed by atoms with van der Waals surface area (Å²) in [5.41, 5.74) is 5.10. The molecule has 0 aliphatic rings. The van der Waals surface area contributed by atoms with E-state index in [4.69, 9.17) is 0 Å². The first-order valence-corrected chi connectivity index (χ1v) is 14.0. The molecule has 0 bridgehead atoms. The number of benzene rings is 2. The third kappa shape index (κ3) is 6.52. The zero-order chi connectivity index (χ0) is 29.2. The minimum absolute atomic E-state index is 0.197. The van der Waals surface area contributed by atoms with Crippen LogP contribution in [-0.4, -0.2) is 27.3 Å². The molecule has 0 fully saturated rings. The lowest BCUT2D eigenvalue weighted by molar-refractivity contribution is 0.210. The maximum atomic E-state index is 13.4. The van der Waals surface area contributed by atoms with Crippen molar-refractivity contribution in [2.24, 2.45) is 11.3 Å². The van der Waals surface area contributed by atoms with Crippen LogP contribution in [0.25, 0.3) is 16.6 Å². The molecule has 0 aliphatic carbocycles. The molecule has 0 spiro atoms. The van der Waals surface area contributed by atoms with Crippen molar-refractivity contribution in [3.8, 4) is 5.69 Å². The van der Waals surface area contributed by atoms with Crippen LogP contribution in [0.4, 0.5) is 9.18 Å². The quantitative estimate of drug-likeness (QED) is 0.229. The summed E-state index contributed by atoms with van der Waals surface area (Å²) in [5, 5.41) is 11.9. The van der Waals surface area contributed by atoms with Crippen molar-refractivity contribution in [3.05, 3.63) is 89.1 Å². The molecule has 0 radical (unpaired) electrons. The largest absolute Gasteiger partial charge is 0.338 e. The van der Waals surface area contributed by atoms with Crippen LogP contribution in [0.3, 0.4) is 0 Å². The molecular weight excluding hydrogens is 501 g/mol. The number of carbonyl (C=O) groups excluding carboxylic acids is 1. The highest BCUT2D eigenvalue weighted by Gasteiger charge is 2.33. The topological polar surface area (TPSA) is 71.8 Å². The Kier molecular flexibility index (Phi) is 8.33. The summed E-state index contributed by atoms with van der Waals surface area (Å²) in [5.74, 6) is 0.420. The summed E-state index contributed by atoms with van der Waals surface area (Å²) < 4.78 is 15.3. The average molecular weight is 544 g/mol. The highest BCUT2D eigenvalue weighted by Crippen LogP contribution is 2.41. The van der Waals surface area contributed by atoms with Gasteiger partial charge in [-0.25, -0.2) is 13.9 Å². The first-order chi connectivity index (χ1) is 18.8. The van der Waals surface area contributed by atoms with Crippen LogP contribution >= 0.6 is 0 Å². The van der Waals surface area contributed by atoms with Crippen molar-refractivity contribution in [3.63, 3.8) is 0 Å². The lowest BCUT2D eigenvalue weighted by Gasteiger charge is -2.37. The van der Waals surface area contributed by atoms with Crippen molar-refractivity contribution in [1.29, 1.82) is 0 Å². The predicted octanol–water partition coefficient (Wildman–Crippen LogP) is 7.57. The number of aryl methyl sites for hydroxylation is 2. The van der Waals surface area contributed by atoms with Crippen molar-refractivity contribution < 1.29 is 9.18 Å². The molecule has 1 atom stereocenters. The lowest BCUT2D eigenvalue weighted by atomic mass is 9.71. The van der Waals surface area contributed by atoms with E-state index in [2.05, 4.69) is 66.6 Å². The molecule has 0 saturated heterocycles. The van der Waals surface area contributed by atoms with Gasteiger partial charge in [-0.15, -0.1) is 0 Å². The van der Waals surface area contributed by atoms with Gasteiger partial charge < -0.3 is 10.6 Å². The first kappa shape index (κ1) is 29.2. The molecule has 1 unspecified atom stereocenters. The van der Waals surface area contributed by atoms with Crippen LogP contribution in [0.2, 0.25) is 0 Å². The number of hydrogen-bond acceptors (Lipinski definition) is 3. The molecule has 2 aromatic heterocycles. The van der Waals surface area contributed by atoms with Gasteiger partial charge in [-0.05, 0) is 105 Å². The summed E-state index contributed by atoms with van der Waals surface area (Å²) in [4.78, 5) is 17.7. The predicted molar refractivity (Wildman–Crippen MR) is 160 cm³/mol. The number of amides is 2.